The van der Waals surface area contributed by atoms with Crippen LogP contribution in [0, 0.1) is 12.7 Å². The van der Waals surface area contributed by atoms with E-state index in [1.165, 1.54) is 41.5 Å². The summed E-state index contributed by atoms with van der Waals surface area (Å²) in [6.07, 6.45) is 1.52. The summed E-state index contributed by atoms with van der Waals surface area (Å²) in [5, 5.41) is 6.87. The van der Waals surface area contributed by atoms with Gasteiger partial charge in [0.1, 0.15) is 5.82 Å². The number of para-hydroxylation sites is 1. The number of thiazole rings is 1. The van der Waals surface area contributed by atoms with E-state index in [4.69, 9.17) is 11.6 Å². The molecule has 1 N–H and O–H groups in total. The summed E-state index contributed by atoms with van der Waals surface area (Å²) in [6, 6.07) is 11.6. The fourth-order valence-corrected chi connectivity index (χ4v) is 3.32. The maximum absolute atomic E-state index is 14.1. The van der Waals surface area contributed by atoms with Crippen LogP contribution >= 0.6 is 22.9 Å². The van der Waals surface area contributed by atoms with Crippen LogP contribution in [0.25, 0.3) is 0 Å². The van der Waals surface area contributed by atoms with E-state index in [1.54, 1.807) is 23.6 Å². The van der Waals surface area contributed by atoms with Gasteiger partial charge in [0.15, 0.2) is 5.13 Å². The van der Waals surface area contributed by atoms with E-state index in [0.29, 0.717) is 15.8 Å². The number of nitrogens with one attached hydrogen (secondary N) is 1. The van der Waals surface area contributed by atoms with Gasteiger partial charge in [-0.3, -0.25) is 15.1 Å². The second kappa shape index (κ2) is 8.28. The number of hydrogen-bond acceptors (Lipinski definition) is 5. The summed E-state index contributed by atoms with van der Waals surface area (Å²) in [4.78, 5) is 17.6. The Morgan fingerprint density at radius 2 is 2.11 bits per heavy atom. The molecule has 0 saturated heterocycles. The van der Waals surface area contributed by atoms with E-state index in [9.17, 15) is 9.18 Å². The molecule has 1 heterocycles. The topological polar surface area (TPSA) is 57.6 Å². The SMILES string of the molecule is CC(=O)N(c1nc(/C=N\Nc2ccc(C)c(Cl)c2)cs1)c1ccccc1F. The molecule has 27 heavy (non-hydrogen) atoms. The highest BCUT2D eigenvalue weighted by atomic mass is 35.5. The molecule has 5 nitrogen and oxygen atoms in total. The summed E-state index contributed by atoms with van der Waals surface area (Å²) >= 11 is 7.31. The first-order chi connectivity index (χ1) is 13.0. The van der Waals surface area contributed by atoms with Crippen LogP contribution in [0.1, 0.15) is 18.2 Å². The van der Waals surface area contributed by atoms with Crippen LogP contribution < -0.4 is 10.3 Å². The van der Waals surface area contributed by atoms with Crippen LogP contribution in [0.3, 0.4) is 0 Å². The Morgan fingerprint density at radius 1 is 1.33 bits per heavy atom. The van der Waals surface area contributed by atoms with Crippen molar-refractivity contribution < 1.29 is 9.18 Å². The summed E-state index contributed by atoms with van der Waals surface area (Å²) in [6.45, 7) is 3.28. The predicted molar refractivity (Wildman–Crippen MR) is 109 cm³/mol. The summed E-state index contributed by atoms with van der Waals surface area (Å²) in [5.41, 5.74) is 5.30. The van der Waals surface area contributed by atoms with Gasteiger partial charge in [-0.2, -0.15) is 5.10 Å². The van der Waals surface area contributed by atoms with Crippen LogP contribution in [-0.4, -0.2) is 17.1 Å². The first kappa shape index (κ1) is 19.0. The number of aromatic nitrogens is 1. The van der Waals surface area contributed by atoms with Gasteiger partial charge in [0, 0.05) is 17.3 Å². The van der Waals surface area contributed by atoms with Crippen molar-refractivity contribution in [3.05, 3.63) is 69.9 Å². The number of carbonyl (C=O) groups is 1. The van der Waals surface area contributed by atoms with Gasteiger partial charge in [-0.1, -0.05) is 29.8 Å². The molecular formula is C19H16ClFN4OS. The van der Waals surface area contributed by atoms with E-state index in [2.05, 4.69) is 15.5 Å². The molecule has 0 spiro atoms. The molecule has 2 aromatic carbocycles. The molecule has 0 saturated carbocycles. The van der Waals surface area contributed by atoms with Crippen molar-refractivity contribution in [3.63, 3.8) is 0 Å². The van der Waals surface area contributed by atoms with Gasteiger partial charge in [0.05, 0.1) is 23.3 Å². The highest BCUT2D eigenvalue weighted by Gasteiger charge is 2.20. The van der Waals surface area contributed by atoms with Crippen molar-refractivity contribution in [2.24, 2.45) is 5.10 Å². The van der Waals surface area contributed by atoms with Crippen molar-refractivity contribution in [3.8, 4) is 0 Å². The van der Waals surface area contributed by atoms with Gasteiger partial charge in [-0.25, -0.2) is 9.37 Å². The Kier molecular flexibility index (Phi) is 5.83. The van der Waals surface area contributed by atoms with Crippen LogP contribution in [-0.2, 0) is 4.79 Å². The smallest absolute Gasteiger partial charge is 0.230 e. The lowest BCUT2D eigenvalue weighted by Gasteiger charge is -2.18. The van der Waals surface area contributed by atoms with E-state index in [0.717, 1.165) is 11.3 Å². The standard InChI is InChI=1S/C19H16ClFN4OS/c1-12-7-8-14(9-16(12)20)24-22-10-15-11-27-19(23-15)25(13(2)26)18-6-4-3-5-17(18)21/h3-11,24H,1-2H3/b22-10-. The molecule has 3 rings (SSSR count). The predicted octanol–water partition coefficient (Wildman–Crippen LogP) is 5.37. The van der Waals surface area contributed by atoms with Crippen molar-refractivity contribution in [2.75, 3.05) is 10.3 Å². The third-order valence-electron chi connectivity index (χ3n) is 3.67. The first-order valence-corrected chi connectivity index (χ1v) is 9.27. The number of aryl methyl sites for hydroxylation is 1. The molecule has 8 heteroatoms. The fourth-order valence-electron chi connectivity index (χ4n) is 2.31. The molecule has 0 unspecified atom stereocenters. The van der Waals surface area contributed by atoms with E-state index in [-0.39, 0.29) is 11.6 Å². The van der Waals surface area contributed by atoms with Crippen LogP contribution in [0.5, 0.6) is 0 Å². The molecule has 0 atom stereocenters. The zero-order valence-electron chi connectivity index (χ0n) is 14.6. The van der Waals surface area contributed by atoms with Gasteiger partial charge in [-0.15, -0.1) is 11.3 Å². The maximum atomic E-state index is 14.1. The minimum atomic E-state index is -0.490. The Morgan fingerprint density at radius 3 is 2.81 bits per heavy atom. The third kappa shape index (κ3) is 4.50. The van der Waals surface area contributed by atoms with Gasteiger partial charge < -0.3 is 0 Å². The molecule has 0 aliphatic rings. The maximum Gasteiger partial charge on any atom is 0.230 e. The normalized spacial score (nSPS) is 11.0. The Labute approximate surface area is 165 Å². The molecule has 0 bridgehead atoms. The second-order valence-electron chi connectivity index (χ2n) is 5.69. The quantitative estimate of drug-likeness (QED) is 0.460. The fraction of sp³-hybridized carbons (Fsp3) is 0.105. The number of benzene rings is 2. The zero-order valence-corrected chi connectivity index (χ0v) is 16.2. The lowest BCUT2D eigenvalue weighted by atomic mass is 10.2. The average Bonchev–Trinajstić information content (AvgIpc) is 3.08. The molecule has 1 amide bonds. The van der Waals surface area contributed by atoms with Crippen LogP contribution in [0.2, 0.25) is 5.02 Å². The van der Waals surface area contributed by atoms with Crippen molar-refractivity contribution >= 4 is 51.6 Å². The van der Waals surface area contributed by atoms with Crippen LogP contribution in [0.15, 0.2) is 52.9 Å². The molecule has 3 aromatic rings. The minimum Gasteiger partial charge on any atom is -0.278 e. The Balaban J connectivity index is 1.77. The lowest BCUT2D eigenvalue weighted by molar-refractivity contribution is -0.115. The van der Waals surface area contributed by atoms with Gasteiger partial charge in [0.25, 0.3) is 0 Å². The van der Waals surface area contributed by atoms with Gasteiger partial charge >= 0.3 is 0 Å². The molecule has 0 aliphatic heterocycles. The highest BCUT2D eigenvalue weighted by Crippen LogP contribution is 2.30. The molecule has 138 valence electrons. The van der Waals surface area contributed by atoms with Crippen molar-refractivity contribution in [1.29, 1.82) is 0 Å². The highest BCUT2D eigenvalue weighted by molar-refractivity contribution is 7.14. The number of rotatable bonds is 5. The number of hydrogen-bond donors (Lipinski definition) is 1. The molecule has 0 aliphatic carbocycles. The Hall–Kier alpha value is -2.77. The molecule has 0 radical (unpaired) electrons. The van der Waals surface area contributed by atoms with Crippen molar-refractivity contribution in [2.45, 2.75) is 13.8 Å². The second-order valence-corrected chi connectivity index (χ2v) is 6.94. The summed E-state index contributed by atoms with van der Waals surface area (Å²) < 4.78 is 14.1. The third-order valence-corrected chi connectivity index (χ3v) is 4.92. The minimum absolute atomic E-state index is 0.162. The number of carbonyl (C=O) groups excluding carboxylic acids is 1. The van der Waals surface area contributed by atoms with Gasteiger partial charge in [-0.05, 0) is 36.8 Å². The van der Waals surface area contributed by atoms with Crippen LogP contribution in [0.4, 0.5) is 20.9 Å². The monoisotopic (exact) mass is 402 g/mol. The van der Waals surface area contributed by atoms with Gasteiger partial charge in [0.2, 0.25) is 5.91 Å². The number of anilines is 3. The number of halogens is 2. The average molecular weight is 403 g/mol. The zero-order chi connectivity index (χ0) is 19.4. The Bertz CT molecular complexity index is 1000. The molecular weight excluding hydrogens is 387 g/mol. The lowest BCUT2D eigenvalue weighted by Crippen LogP contribution is -2.23. The first-order valence-electron chi connectivity index (χ1n) is 8.01. The number of hydrazone groups is 1. The summed E-state index contributed by atoms with van der Waals surface area (Å²) in [5.74, 6) is -0.818. The van der Waals surface area contributed by atoms with E-state index in [1.807, 2.05) is 19.1 Å². The number of nitrogens with zero attached hydrogens (tertiary/aromatic N) is 3. The van der Waals surface area contributed by atoms with Crippen molar-refractivity contribution in [1.82, 2.24) is 4.98 Å². The summed E-state index contributed by atoms with van der Waals surface area (Å²) in [7, 11) is 0. The van der Waals surface area contributed by atoms with E-state index >= 15 is 0 Å². The molecule has 1 aromatic heterocycles. The molecule has 0 fully saturated rings. The number of amides is 1. The largest absolute Gasteiger partial charge is 0.278 e. The van der Waals surface area contributed by atoms with E-state index < -0.39 is 5.82 Å².